The molecule has 0 spiro atoms. The van der Waals surface area contributed by atoms with Crippen molar-refractivity contribution in [1.29, 1.82) is 0 Å². The maximum Gasteiger partial charge on any atom is 0.146 e. The first-order valence-electron chi connectivity index (χ1n) is 4.12. The van der Waals surface area contributed by atoms with Gasteiger partial charge in [-0.2, -0.15) is 0 Å². The predicted octanol–water partition coefficient (Wildman–Crippen LogP) is 0.0650. The van der Waals surface area contributed by atoms with E-state index in [1.807, 2.05) is 0 Å². The van der Waals surface area contributed by atoms with Crippen LogP contribution in [0.4, 0.5) is 0 Å². The summed E-state index contributed by atoms with van der Waals surface area (Å²) in [4.78, 5) is 9.90. The molecule has 1 saturated heterocycles. The van der Waals surface area contributed by atoms with Crippen molar-refractivity contribution in [1.82, 2.24) is 10.6 Å². The summed E-state index contributed by atoms with van der Waals surface area (Å²) < 4.78 is 0. The minimum absolute atomic E-state index is 0.635. The normalized spacial score (nSPS) is 20.5. The molecule has 1 heterocycles. The minimum atomic E-state index is 0.635. The summed E-state index contributed by atoms with van der Waals surface area (Å²) in [6.45, 7) is 2.42. The molecule has 1 aliphatic carbocycles. The summed E-state index contributed by atoms with van der Waals surface area (Å²) >= 11 is 0. The molecule has 11 heavy (non-hydrogen) atoms. The smallest absolute Gasteiger partial charge is 0.146 e. The van der Waals surface area contributed by atoms with Crippen molar-refractivity contribution in [2.24, 2.45) is 0 Å². The molecular formula is C8H14N2O. The van der Waals surface area contributed by atoms with Crippen LogP contribution in [0.15, 0.2) is 5.70 Å². The third-order valence-electron chi connectivity index (χ3n) is 1.42. The molecule has 1 saturated carbocycles. The molecule has 2 fully saturated rings. The number of hydrogen-bond donors (Lipinski definition) is 2. The fraction of sp³-hybridized carbons (Fsp3) is 0.750. The topological polar surface area (TPSA) is 41.1 Å². The van der Waals surface area contributed by atoms with Gasteiger partial charge in [0.05, 0.1) is 0 Å². The summed E-state index contributed by atoms with van der Waals surface area (Å²) in [5.74, 6) is 1.80. The molecule has 2 N–H and O–H groups in total. The van der Waals surface area contributed by atoms with Gasteiger partial charge in [0, 0.05) is 19.6 Å². The van der Waals surface area contributed by atoms with Gasteiger partial charge in [0.25, 0.3) is 0 Å². The highest BCUT2D eigenvalue weighted by molar-refractivity contribution is 5.52. The van der Waals surface area contributed by atoms with E-state index in [0.29, 0.717) is 12.2 Å². The molecule has 2 rings (SSSR count). The van der Waals surface area contributed by atoms with Crippen LogP contribution in [0.25, 0.3) is 0 Å². The van der Waals surface area contributed by atoms with Crippen molar-refractivity contribution in [3.63, 3.8) is 0 Å². The highest BCUT2D eigenvalue weighted by atomic mass is 16.1. The monoisotopic (exact) mass is 154 g/mol. The van der Waals surface area contributed by atoms with E-state index in [1.165, 1.54) is 19.3 Å². The number of carbonyl (C=O) groups excluding carboxylic acids is 1. The minimum Gasteiger partial charge on any atom is -0.377 e. The molecule has 0 aromatic carbocycles. The first-order valence-corrected chi connectivity index (χ1v) is 4.12. The van der Waals surface area contributed by atoms with E-state index in [2.05, 4.69) is 10.6 Å². The fourth-order valence-electron chi connectivity index (χ4n) is 0.650. The number of nitrogens with one attached hydrogen (secondary N) is 2. The van der Waals surface area contributed by atoms with Gasteiger partial charge in [0.2, 0.25) is 0 Å². The fourth-order valence-corrected chi connectivity index (χ4v) is 0.650. The maximum absolute atomic E-state index is 9.90. The summed E-state index contributed by atoms with van der Waals surface area (Å²) in [7, 11) is 0. The van der Waals surface area contributed by atoms with Gasteiger partial charge < -0.3 is 10.6 Å². The predicted molar refractivity (Wildman–Crippen MR) is 43.9 cm³/mol. The SMILES string of the molecule is C1CC1.O=C=C1CNCCN1. The largest absolute Gasteiger partial charge is 0.377 e. The molecule has 62 valence electrons. The molecule has 1 aliphatic heterocycles. The van der Waals surface area contributed by atoms with Crippen LogP contribution in [0, 0.1) is 0 Å². The second-order valence-corrected chi connectivity index (χ2v) is 2.74. The van der Waals surface area contributed by atoms with Crippen LogP contribution in [0.2, 0.25) is 0 Å². The third-order valence-corrected chi connectivity index (χ3v) is 1.42. The highest BCUT2D eigenvalue weighted by Gasteiger charge is 2.00. The Hall–Kier alpha value is -0.790. The van der Waals surface area contributed by atoms with Gasteiger partial charge in [0.15, 0.2) is 0 Å². The highest BCUT2D eigenvalue weighted by Crippen LogP contribution is 2.14. The van der Waals surface area contributed by atoms with Crippen LogP contribution < -0.4 is 10.6 Å². The third kappa shape index (κ3) is 4.59. The summed E-state index contributed by atoms with van der Waals surface area (Å²) in [5.41, 5.74) is 0.635. The van der Waals surface area contributed by atoms with E-state index in [-0.39, 0.29) is 0 Å². The molecule has 0 atom stereocenters. The second-order valence-electron chi connectivity index (χ2n) is 2.74. The van der Waals surface area contributed by atoms with Crippen molar-refractivity contribution in [3.05, 3.63) is 5.70 Å². The number of piperazine rings is 1. The summed E-state index contributed by atoms with van der Waals surface area (Å²) in [6, 6.07) is 0. The van der Waals surface area contributed by atoms with Crippen molar-refractivity contribution in [3.8, 4) is 0 Å². The Labute approximate surface area is 66.9 Å². The standard InChI is InChI=1S/C5H8N2O.C3H6/c8-4-5-3-6-1-2-7-5;1-2-3-1/h6-7H,1-3H2;1-3H2. The van der Waals surface area contributed by atoms with Crippen LogP contribution in [0.1, 0.15) is 19.3 Å². The molecule has 0 unspecified atom stereocenters. The molecule has 0 bridgehead atoms. The first kappa shape index (κ1) is 8.31. The number of hydrogen-bond acceptors (Lipinski definition) is 3. The van der Waals surface area contributed by atoms with Gasteiger partial charge in [-0.15, -0.1) is 0 Å². The van der Waals surface area contributed by atoms with Crippen molar-refractivity contribution >= 4 is 5.94 Å². The van der Waals surface area contributed by atoms with Gasteiger partial charge in [-0.1, -0.05) is 19.3 Å². The number of rotatable bonds is 0. The first-order chi connectivity index (χ1) is 5.43. The lowest BCUT2D eigenvalue weighted by Crippen LogP contribution is -2.38. The van der Waals surface area contributed by atoms with E-state index >= 15 is 0 Å². The molecule has 2 aliphatic rings. The summed E-state index contributed by atoms with van der Waals surface area (Å²) in [6.07, 6.45) is 4.50. The lowest BCUT2D eigenvalue weighted by molar-refractivity contribution is 0.551. The Bertz CT molecular complexity index is 149. The quantitative estimate of drug-likeness (QED) is 0.485. The van der Waals surface area contributed by atoms with Crippen LogP contribution >= 0.6 is 0 Å². The van der Waals surface area contributed by atoms with E-state index in [4.69, 9.17) is 0 Å². The van der Waals surface area contributed by atoms with Crippen molar-refractivity contribution in [2.45, 2.75) is 19.3 Å². The van der Waals surface area contributed by atoms with Gasteiger partial charge in [0.1, 0.15) is 11.6 Å². The molecule has 3 nitrogen and oxygen atoms in total. The van der Waals surface area contributed by atoms with E-state index in [1.54, 1.807) is 5.94 Å². The van der Waals surface area contributed by atoms with E-state index in [0.717, 1.165) is 13.1 Å². The van der Waals surface area contributed by atoms with Crippen LogP contribution in [0.3, 0.4) is 0 Å². The van der Waals surface area contributed by atoms with Gasteiger partial charge in [-0.25, -0.2) is 4.79 Å². The lowest BCUT2D eigenvalue weighted by atomic mass is 10.4. The molecular weight excluding hydrogens is 140 g/mol. The van der Waals surface area contributed by atoms with Crippen molar-refractivity contribution < 1.29 is 4.79 Å². The average molecular weight is 154 g/mol. The Kier molecular flexibility index (Phi) is 3.73. The zero-order valence-electron chi connectivity index (χ0n) is 6.65. The van der Waals surface area contributed by atoms with E-state index < -0.39 is 0 Å². The zero-order chi connectivity index (χ0) is 7.94. The average Bonchev–Trinajstić information content (AvgIpc) is 2.92. The Balaban J connectivity index is 0.000000167. The molecule has 0 amide bonds. The lowest BCUT2D eigenvalue weighted by Gasteiger charge is -2.13. The molecule has 0 aromatic heterocycles. The Morgan fingerprint density at radius 1 is 1.18 bits per heavy atom. The van der Waals surface area contributed by atoms with Gasteiger partial charge in [-0.3, -0.25) is 0 Å². The summed E-state index contributed by atoms with van der Waals surface area (Å²) in [5, 5.41) is 5.92. The zero-order valence-corrected chi connectivity index (χ0v) is 6.65. The van der Waals surface area contributed by atoms with Crippen LogP contribution in [0.5, 0.6) is 0 Å². The van der Waals surface area contributed by atoms with E-state index in [9.17, 15) is 4.79 Å². The maximum atomic E-state index is 9.90. The van der Waals surface area contributed by atoms with Crippen molar-refractivity contribution in [2.75, 3.05) is 19.6 Å². The molecule has 0 radical (unpaired) electrons. The molecule has 0 aromatic rings. The van der Waals surface area contributed by atoms with Crippen LogP contribution in [-0.2, 0) is 4.79 Å². The Morgan fingerprint density at radius 3 is 2.18 bits per heavy atom. The van der Waals surface area contributed by atoms with Gasteiger partial charge in [-0.05, 0) is 0 Å². The molecule has 3 heteroatoms. The Morgan fingerprint density at radius 2 is 1.91 bits per heavy atom. The van der Waals surface area contributed by atoms with Crippen LogP contribution in [-0.4, -0.2) is 25.6 Å². The second kappa shape index (κ2) is 4.94. The van der Waals surface area contributed by atoms with Gasteiger partial charge >= 0.3 is 0 Å².